The molecular formula is C10H10F4N2. The van der Waals surface area contributed by atoms with E-state index in [1.165, 1.54) is 0 Å². The molecule has 0 radical (unpaired) electrons. The Balaban J connectivity index is 2.30. The monoisotopic (exact) mass is 234 g/mol. The van der Waals surface area contributed by atoms with E-state index in [1.807, 2.05) is 0 Å². The van der Waals surface area contributed by atoms with Crippen LogP contribution in [0, 0.1) is 29.4 Å². The summed E-state index contributed by atoms with van der Waals surface area (Å²) in [4.78, 5) is 2.48. The van der Waals surface area contributed by atoms with E-state index in [-0.39, 0.29) is 6.04 Å². The summed E-state index contributed by atoms with van der Waals surface area (Å²) < 4.78 is 51.9. The molecule has 1 aliphatic carbocycles. The summed E-state index contributed by atoms with van der Waals surface area (Å²) in [5.74, 6) is -5.93. The molecule has 1 aromatic rings. The first kappa shape index (κ1) is 11.2. The van der Waals surface area contributed by atoms with E-state index in [4.69, 9.17) is 0 Å². The minimum Gasteiger partial charge on any atom is -0.377 e. The first-order chi connectivity index (χ1) is 7.50. The Labute approximate surface area is 89.7 Å². The van der Waals surface area contributed by atoms with Crippen LogP contribution in [0.3, 0.4) is 0 Å². The molecule has 6 heteroatoms. The Kier molecular flexibility index (Phi) is 2.73. The van der Waals surface area contributed by atoms with Gasteiger partial charge in [0.05, 0.1) is 0 Å². The number of hydrogen-bond donors (Lipinski definition) is 1. The largest absolute Gasteiger partial charge is 0.377 e. The summed E-state index contributed by atoms with van der Waals surface area (Å²) in [5, 5.41) is 2.45. The second-order valence-corrected chi connectivity index (χ2v) is 3.97. The zero-order chi connectivity index (χ0) is 11.9. The van der Waals surface area contributed by atoms with Crippen molar-refractivity contribution in [1.82, 2.24) is 4.98 Å². The highest BCUT2D eigenvalue weighted by molar-refractivity contribution is 5.46. The fraction of sp³-hybridized carbons (Fsp3) is 0.500. The first-order valence-corrected chi connectivity index (χ1v) is 4.97. The quantitative estimate of drug-likeness (QED) is 0.642. The number of nitrogens with one attached hydrogen (secondary N) is 1. The second-order valence-electron chi connectivity index (χ2n) is 3.97. The first-order valence-electron chi connectivity index (χ1n) is 4.97. The van der Waals surface area contributed by atoms with E-state index < -0.39 is 29.2 Å². The summed E-state index contributed by atoms with van der Waals surface area (Å²) in [5.41, 5.74) is -0.774. The molecular weight excluding hydrogens is 224 g/mol. The van der Waals surface area contributed by atoms with E-state index in [0.29, 0.717) is 5.92 Å². The molecule has 0 amide bonds. The molecule has 88 valence electrons. The molecule has 1 N–H and O–H groups in total. The molecule has 16 heavy (non-hydrogen) atoms. The molecule has 0 bridgehead atoms. The molecule has 1 atom stereocenters. The van der Waals surface area contributed by atoms with E-state index in [1.54, 1.807) is 6.92 Å². The van der Waals surface area contributed by atoms with E-state index in [0.717, 1.165) is 12.8 Å². The van der Waals surface area contributed by atoms with Gasteiger partial charge in [-0.15, -0.1) is 0 Å². The molecule has 1 aromatic heterocycles. The average molecular weight is 234 g/mol. The Hall–Kier alpha value is -1.33. The zero-order valence-corrected chi connectivity index (χ0v) is 8.53. The Morgan fingerprint density at radius 3 is 2.06 bits per heavy atom. The normalized spacial score (nSPS) is 17.3. The van der Waals surface area contributed by atoms with Gasteiger partial charge in [-0.25, -0.2) is 0 Å². The lowest BCUT2D eigenvalue weighted by atomic mass is 10.2. The van der Waals surface area contributed by atoms with Gasteiger partial charge in [0.1, 0.15) is 5.69 Å². The van der Waals surface area contributed by atoms with Gasteiger partial charge in [-0.05, 0) is 25.7 Å². The fourth-order valence-corrected chi connectivity index (χ4v) is 1.56. The van der Waals surface area contributed by atoms with Crippen molar-refractivity contribution in [3.8, 4) is 0 Å². The van der Waals surface area contributed by atoms with E-state index in [9.17, 15) is 17.6 Å². The molecule has 1 heterocycles. The lowest BCUT2D eigenvalue weighted by Crippen LogP contribution is -2.20. The highest BCUT2D eigenvalue weighted by Crippen LogP contribution is 2.35. The number of halogens is 4. The predicted molar refractivity (Wildman–Crippen MR) is 49.9 cm³/mol. The van der Waals surface area contributed by atoms with Crippen molar-refractivity contribution in [3.63, 3.8) is 0 Å². The predicted octanol–water partition coefficient (Wildman–Crippen LogP) is 2.85. The molecule has 1 saturated carbocycles. The number of pyridine rings is 1. The van der Waals surface area contributed by atoms with Crippen LogP contribution < -0.4 is 5.32 Å². The van der Waals surface area contributed by atoms with Crippen LogP contribution in [0.2, 0.25) is 0 Å². The number of anilines is 1. The van der Waals surface area contributed by atoms with Crippen molar-refractivity contribution in [2.45, 2.75) is 25.8 Å². The van der Waals surface area contributed by atoms with Crippen LogP contribution in [0.4, 0.5) is 23.2 Å². The minimum absolute atomic E-state index is 0.217. The third kappa shape index (κ3) is 1.96. The van der Waals surface area contributed by atoms with Crippen LogP contribution in [0.5, 0.6) is 0 Å². The summed E-state index contributed by atoms with van der Waals surface area (Å²) in [7, 11) is 0. The van der Waals surface area contributed by atoms with Gasteiger partial charge in [0.25, 0.3) is 11.9 Å². The standard InChI is InChI=1S/C10H10F4N2/c1-4(5-2-3-5)15-8-6(11)9(13)16-10(14)7(8)12/h4-5H,2-3H2,1H3,(H,15,16). The lowest BCUT2D eigenvalue weighted by molar-refractivity contribution is 0.409. The number of rotatable bonds is 3. The highest BCUT2D eigenvalue weighted by Gasteiger charge is 2.30. The van der Waals surface area contributed by atoms with Gasteiger partial charge >= 0.3 is 0 Å². The second kappa shape index (κ2) is 3.92. The maximum atomic E-state index is 13.2. The Morgan fingerprint density at radius 1 is 1.12 bits per heavy atom. The minimum atomic E-state index is -1.63. The van der Waals surface area contributed by atoms with Crippen LogP contribution in [0.15, 0.2) is 0 Å². The van der Waals surface area contributed by atoms with Crippen molar-refractivity contribution in [2.24, 2.45) is 5.92 Å². The third-order valence-corrected chi connectivity index (χ3v) is 2.70. The summed E-state index contributed by atoms with van der Waals surface area (Å²) in [6, 6.07) is -0.217. The molecule has 0 saturated heterocycles. The van der Waals surface area contributed by atoms with Gasteiger partial charge in [-0.3, -0.25) is 0 Å². The van der Waals surface area contributed by atoms with Gasteiger partial charge in [-0.2, -0.15) is 22.5 Å². The maximum absolute atomic E-state index is 13.2. The average Bonchev–Trinajstić information content (AvgIpc) is 3.05. The molecule has 0 aromatic carbocycles. The van der Waals surface area contributed by atoms with Crippen molar-refractivity contribution in [1.29, 1.82) is 0 Å². The number of hydrogen-bond acceptors (Lipinski definition) is 2. The maximum Gasteiger partial charge on any atom is 0.253 e. The van der Waals surface area contributed by atoms with Crippen LogP contribution in [0.1, 0.15) is 19.8 Å². The zero-order valence-electron chi connectivity index (χ0n) is 8.53. The van der Waals surface area contributed by atoms with Gasteiger partial charge < -0.3 is 5.32 Å². The van der Waals surface area contributed by atoms with Gasteiger partial charge in [0, 0.05) is 6.04 Å². The van der Waals surface area contributed by atoms with E-state index >= 15 is 0 Å². The summed E-state index contributed by atoms with van der Waals surface area (Å²) in [6.45, 7) is 1.72. The Morgan fingerprint density at radius 2 is 1.62 bits per heavy atom. The molecule has 2 rings (SSSR count). The fourth-order valence-electron chi connectivity index (χ4n) is 1.56. The molecule has 1 aliphatic rings. The van der Waals surface area contributed by atoms with Crippen LogP contribution in [0.25, 0.3) is 0 Å². The lowest BCUT2D eigenvalue weighted by Gasteiger charge is -2.15. The highest BCUT2D eigenvalue weighted by atomic mass is 19.2. The third-order valence-electron chi connectivity index (χ3n) is 2.70. The van der Waals surface area contributed by atoms with Crippen molar-refractivity contribution in [2.75, 3.05) is 5.32 Å². The number of nitrogens with zero attached hydrogens (tertiary/aromatic N) is 1. The van der Waals surface area contributed by atoms with E-state index in [2.05, 4.69) is 10.3 Å². The summed E-state index contributed by atoms with van der Waals surface area (Å²) in [6.07, 6.45) is 1.90. The number of aromatic nitrogens is 1. The molecule has 0 aliphatic heterocycles. The molecule has 0 spiro atoms. The Bertz CT molecular complexity index is 392. The van der Waals surface area contributed by atoms with Gasteiger partial charge in [-0.1, -0.05) is 0 Å². The van der Waals surface area contributed by atoms with Crippen molar-refractivity contribution >= 4 is 5.69 Å². The molecule has 2 nitrogen and oxygen atoms in total. The molecule has 1 fully saturated rings. The smallest absolute Gasteiger partial charge is 0.253 e. The van der Waals surface area contributed by atoms with Crippen LogP contribution in [-0.2, 0) is 0 Å². The SMILES string of the molecule is CC(Nc1c(F)c(F)nc(F)c1F)C1CC1. The van der Waals surface area contributed by atoms with Gasteiger partial charge in [0.15, 0.2) is 0 Å². The van der Waals surface area contributed by atoms with Crippen molar-refractivity contribution < 1.29 is 17.6 Å². The van der Waals surface area contributed by atoms with Crippen LogP contribution >= 0.6 is 0 Å². The van der Waals surface area contributed by atoms with Crippen molar-refractivity contribution in [3.05, 3.63) is 23.5 Å². The topological polar surface area (TPSA) is 24.9 Å². The molecule has 1 unspecified atom stereocenters. The van der Waals surface area contributed by atoms with Gasteiger partial charge in [0.2, 0.25) is 11.6 Å². The summed E-state index contributed by atoms with van der Waals surface area (Å²) >= 11 is 0. The van der Waals surface area contributed by atoms with Crippen LogP contribution in [-0.4, -0.2) is 11.0 Å².